The van der Waals surface area contributed by atoms with E-state index in [1.54, 1.807) is 19.2 Å². The van der Waals surface area contributed by atoms with E-state index < -0.39 is 0 Å². The summed E-state index contributed by atoms with van der Waals surface area (Å²) in [5, 5.41) is 7.22. The van der Waals surface area contributed by atoms with E-state index in [0.29, 0.717) is 17.8 Å². The van der Waals surface area contributed by atoms with Crippen LogP contribution in [0.15, 0.2) is 35.7 Å². The number of nitrogens with one attached hydrogen (secondary N) is 2. The molecule has 122 valence electrons. The van der Waals surface area contributed by atoms with Gasteiger partial charge in [0.15, 0.2) is 0 Å². The van der Waals surface area contributed by atoms with Crippen molar-refractivity contribution < 1.29 is 14.3 Å². The zero-order chi connectivity index (χ0) is 16.7. The molecule has 0 saturated heterocycles. The summed E-state index contributed by atoms with van der Waals surface area (Å²) in [5.41, 5.74) is 2.20. The molecule has 0 spiro atoms. The molecule has 1 aromatic heterocycles. The monoisotopic (exact) mass is 332 g/mol. The largest absolute Gasteiger partial charge is 0.496 e. The van der Waals surface area contributed by atoms with E-state index in [1.165, 1.54) is 11.3 Å². The van der Waals surface area contributed by atoms with Crippen LogP contribution in [0.25, 0.3) is 0 Å². The van der Waals surface area contributed by atoms with Crippen molar-refractivity contribution in [1.82, 2.24) is 10.6 Å². The van der Waals surface area contributed by atoms with Gasteiger partial charge in [-0.3, -0.25) is 9.59 Å². The highest BCUT2D eigenvalue weighted by molar-refractivity contribution is 7.12. The molecule has 2 aromatic rings. The third-order valence-electron chi connectivity index (χ3n) is 3.31. The van der Waals surface area contributed by atoms with Crippen LogP contribution < -0.4 is 15.4 Å². The van der Waals surface area contributed by atoms with Gasteiger partial charge in [0.2, 0.25) is 5.91 Å². The van der Waals surface area contributed by atoms with E-state index in [2.05, 4.69) is 10.6 Å². The summed E-state index contributed by atoms with van der Waals surface area (Å²) in [6.45, 7) is 2.48. The van der Waals surface area contributed by atoms with Gasteiger partial charge in [-0.2, -0.15) is 0 Å². The van der Waals surface area contributed by atoms with Gasteiger partial charge in [-0.25, -0.2) is 0 Å². The maximum Gasteiger partial charge on any atom is 0.261 e. The Morgan fingerprint density at radius 3 is 2.74 bits per heavy atom. The predicted molar refractivity (Wildman–Crippen MR) is 91.1 cm³/mol. The molecule has 1 aromatic carbocycles. The lowest BCUT2D eigenvalue weighted by Crippen LogP contribution is -2.37. The highest BCUT2D eigenvalue weighted by Gasteiger charge is 2.09. The smallest absolute Gasteiger partial charge is 0.261 e. The summed E-state index contributed by atoms with van der Waals surface area (Å²) < 4.78 is 5.31. The van der Waals surface area contributed by atoms with Gasteiger partial charge >= 0.3 is 0 Å². The Morgan fingerprint density at radius 1 is 1.22 bits per heavy atom. The number of aryl methyl sites for hydroxylation is 1. The van der Waals surface area contributed by atoms with Gasteiger partial charge in [0.1, 0.15) is 5.75 Å². The van der Waals surface area contributed by atoms with Crippen molar-refractivity contribution in [1.29, 1.82) is 0 Å². The highest BCUT2D eigenvalue weighted by Crippen LogP contribution is 2.19. The molecule has 0 aliphatic heterocycles. The number of carbonyl (C=O) groups is 2. The van der Waals surface area contributed by atoms with E-state index in [-0.39, 0.29) is 18.4 Å². The number of thiophene rings is 1. The molecule has 0 saturated carbocycles. The summed E-state index contributed by atoms with van der Waals surface area (Å²) in [4.78, 5) is 24.1. The maximum absolute atomic E-state index is 11.8. The number of hydrogen-bond donors (Lipinski definition) is 2. The molecule has 0 fully saturated rings. The van der Waals surface area contributed by atoms with Gasteiger partial charge in [-0.05, 0) is 36.4 Å². The molecule has 0 unspecified atom stereocenters. The molecule has 23 heavy (non-hydrogen) atoms. The lowest BCUT2D eigenvalue weighted by atomic mass is 10.1. The van der Waals surface area contributed by atoms with Crippen LogP contribution >= 0.6 is 11.3 Å². The zero-order valence-electron chi connectivity index (χ0n) is 13.2. The summed E-state index contributed by atoms with van der Waals surface area (Å²) in [6, 6.07) is 9.48. The van der Waals surface area contributed by atoms with Crippen LogP contribution in [-0.4, -0.2) is 32.0 Å². The third-order valence-corrected chi connectivity index (χ3v) is 4.18. The minimum absolute atomic E-state index is 0.0261. The lowest BCUT2D eigenvalue weighted by Gasteiger charge is -2.10. The van der Waals surface area contributed by atoms with E-state index in [1.807, 2.05) is 30.5 Å². The van der Waals surface area contributed by atoms with Gasteiger partial charge < -0.3 is 15.4 Å². The molecule has 1 heterocycles. The van der Waals surface area contributed by atoms with Crippen molar-refractivity contribution >= 4 is 23.2 Å². The summed E-state index contributed by atoms with van der Waals surface area (Å²) in [5.74, 6) is 0.382. The van der Waals surface area contributed by atoms with Crippen LogP contribution in [0.1, 0.15) is 20.8 Å². The molecule has 5 nitrogen and oxygen atoms in total. The van der Waals surface area contributed by atoms with Crippen LogP contribution in [0, 0.1) is 6.92 Å². The average molecular weight is 332 g/mol. The minimum atomic E-state index is -0.226. The number of ether oxygens (including phenoxy) is 1. The van der Waals surface area contributed by atoms with Crippen LogP contribution in [0.2, 0.25) is 0 Å². The van der Waals surface area contributed by atoms with Gasteiger partial charge in [0.05, 0.1) is 18.5 Å². The fraction of sp³-hybridized carbons (Fsp3) is 0.294. The van der Waals surface area contributed by atoms with E-state index >= 15 is 0 Å². The molecule has 0 aliphatic rings. The molecular weight excluding hydrogens is 312 g/mol. The quantitative estimate of drug-likeness (QED) is 0.816. The molecule has 2 amide bonds. The van der Waals surface area contributed by atoms with Gasteiger partial charge in [0.25, 0.3) is 5.91 Å². The van der Waals surface area contributed by atoms with Crippen LogP contribution in [0.3, 0.4) is 0 Å². The first-order valence-corrected chi connectivity index (χ1v) is 8.20. The van der Waals surface area contributed by atoms with Crippen molar-refractivity contribution in [2.45, 2.75) is 13.3 Å². The fourth-order valence-corrected chi connectivity index (χ4v) is 2.80. The Morgan fingerprint density at radius 2 is 2.04 bits per heavy atom. The first-order chi connectivity index (χ1) is 11.1. The second kappa shape index (κ2) is 8.33. The summed E-state index contributed by atoms with van der Waals surface area (Å²) >= 11 is 1.35. The SMILES string of the molecule is COc1ccc(C)cc1CCNC(=O)CNC(=O)c1cccs1. The number of carbonyl (C=O) groups excluding carboxylic acids is 2. The van der Waals surface area contributed by atoms with Gasteiger partial charge in [0, 0.05) is 6.54 Å². The summed E-state index contributed by atoms with van der Waals surface area (Å²) in [6.07, 6.45) is 0.676. The van der Waals surface area contributed by atoms with E-state index in [0.717, 1.165) is 16.9 Å². The van der Waals surface area contributed by atoms with Crippen LogP contribution in [0.4, 0.5) is 0 Å². The molecule has 6 heteroatoms. The molecule has 0 atom stereocenters. The Balaban J connectivity index is 1.75. The molecular formula is C17H20N2O3S. The standard InChI is InChI=1S/C17H20N2O3S/c1-12-5-6-14(22-2)13(10-12)7-8-18-16(20)11-19-17(21)15-4-3-9-23-15/h3-6,9-10H,7-8,11H2,1-2H3,(H,18,20)(H,19,21). The second-order valence-electron chi connectivity index (χ2n) is 5.08. The number of hydrogen-bond acceptors (Lipinski definition) is 4. The van der Waals surface area contributed by atoms with E-state index in [9.17, 15) is 9.59 Å². The minimum Gasteiger partial charge on any atom is -0.496 e. The maximum atomic E-state index is 11.8. The Bertz CT molecular complexity index is 668. The van der Waals surface area contributed by atoms with Gasteiger partial charge in [-0.1, -0.05) is 23.8 Å². The highest BCUT2D eigenvalue weighted by atomic mass is 32.1. The molecule has 2 N–H and O–H groups in total. The fourth-order valence-electron chi connectivity index (χ4n) is 2.16. The number of rotatable bonds is 7. The Hall–Kier alpha value is -2.34. The van der Waals surface area contributed by atoms with Gasteiger partial charge in [-0.15, -0.1) is 11.3 Å². The Kier molecular flexibility index (Phi) is 6.17. The zero-order valence-corrected chi connectivity index (χ0v) is 14.0. The van der Waals surface area contributed by atoms with Crippen molar-refractivity contribution in [3.63, 3.8) is 0 Å². The van der Waals surface area contributed by atoms with Crippen LogP contribution in [-0.2, 0) is 11.2 Å². The number of amides is 2. The lowest BCUT2D eigenvalue weighted by molar-refractivity contribution is -0.120. The first kappa shape index (κ1) is 17.0. The second-order valence-corrected chi connectivity index (χ2v) is 6.02. The van der Waals surface area contributed by atoms with Crippen molar-refractivity contribution in [3.05, 3.63) is 51.7 Å². The third kappa shape index (κ3) is 5.10. The number of methoxy groups -OCH3 is 1. The predicted octanol–water partition coefficient (Wildman–Crippen LogP) is 2.15. The van der Waals surface area contributed by atoms with Crippen molar-refractivity contribution in [2.75, 3.05) is 20.2 Å². The molecule has 0 aliphatic carbocycles. The average Bonchev–Trinajstić information content (AvgIpc) is 3.07. The van der Waals surface area contributed by atoms with E-state index in [4.69, 9.17) is 4.74 Å². The molecule has 2 rings (SSSR count). The summed E-state index contributed by atoms with van der Waals surface area (Å²) in [7, 11) is 1.63. The van der Waals surface area contributed by atoms with Crippen molar-refractivity contribution in [2.24, 2.45) is 0 Å². The normalized spacial score (nSPS) is 10.2. The van der Waals surface area contributed by atoms with Crippen LogP contribution in [0.5, 0.6) is 5.75 Å². The topological polar surface area (TPSA) is 67.4 Å². The van der Waals surface area contributed by atoms with Crippen molar-refractivity contribution in [3.8, 4) is 5.75 Å². The molecule has 0 bridgehead atoms. The number of benzene rings is 1. The first-order valence-electron chi connectivity index (χ1n) is 7.32. The Labute approximate surface area is 139 Å². The molecule has 0 radical (unpaired) electrons.